The lowest BCUT2D eigenvalue weighted by Gasteiger charge is -2.43. The number of aromatic hydroxyl groups is 19. The van der Waals surface area contributed by atoms with E-state index < -0.39 is 278 Å². The molecule has 0 aliphatic carbocycles. The van der Waals surface area contributed by atoms with Crippen molar-refractivity contribution in [2.75, 3.05) is 6.61 Å². The van der Waals surface area contributed by atoms with Gasteiger partial charge < -0.3 is 131 Å². The zero-order valence-electron chi connectivity index (χ0n) is 42.9. The third kappa shape index (κ3) is 7.75. The largest absolute Gasteiger partial charge is 0.507 e. The number of phenols is 19. The van der Waals surface area contributed by atoms with Crippen molar-refractivity contribution in [3.8, 4) is 148 Å². The van der Waals surface area contributed by atoms with Crippen LogP contribution in [0.4, 0.5) is 0 Å². The number of rotatable bonds is 2. The van der Waals surface area contributed by atoms with Gasteiger partial charge >= 0.3 is 29.8 Å². The van der Waals surface area contributed by atoms with Crippen LogP contribution in [0.25, 0.3) is 33.4 Å². The van der Waals surface area contributed by atoms with Gasteiger partial charge in [-0.25, -0.2) is 24.0 Å². The standard InChI is InChI=1S/C56H38O31/c57-15-2-1-10(3-16(15)58)48-21(63)4-11-22(83-48)8-17(59)27(35(11)64)32-31-34-30(44(73)47(76)45(31)74)29-33-28(42(71)46(75)43(29)72)26-14(7-20(62)38(67)41(26)70)53(78)84-23-9-82-52(77)12-5-18(60)36(65)39(68)24(12)25-13(6-19(61)37(66)40(25)69)54(79)85-49(23)51(87-56(33)81)50(32)86-55(34)80/h1-3,5-8,21,23,32,48-51,57-76H,4,9H2/t21-,23+,32-,48-,49+,50-,51-/m0/s1. The van der Waals surface area contributed by atoms with E-state index in [-0.39, 0.29) is 11.6 Å². The first kappa shape index (κ1) is 55.4. The molecule has 7 aromatic carbocycles. The summed E-state index contributed by atoms with van der Waals surface area (Å²) in [5, 5.41) is 228. The quantitative estimate of drug-likeness (QED) is 0.0671. The van der Waals surface area contributed by atoms with Gasteiger partial charge in [0, 0.05) is 62.6 Å². The van der Waals surface area contributed by atoms with E-state index >= 15 is 19.2 Å². The molecule has 6 bridgehead atoms. The minimum atomic E-state index is -3.01. The predicted octanol–water partition coefficient (Wildman–Crippen LogP) is 3.28. The minimum Gasteiger partial charge on any atom is -0.507 e. The van der Waals surface area contributed by atoms with E-state index in [0.29, 0.717) is 12.1 Å². The maximum Gasteiger partial charge on any atom is 0.340 e. The summed E-state index contributed by atoms with van der Waals surface area (Å²) >= 11 is 0. The molecule has 0 spiro atoms. The highest BCUT2D eigenvalue weighted by molar-refractivity contribution is 6.17. The number of aliphatic hydroxyl groups is 1. The maximum atomic E-state index is 15.8. The Morgan fingerprint density at radius 1 is 0.345 bits per heavy atom. The van der Waals surface area contributed by atoms with Crippen LogP contribution in [0.15, 0.2) is 42.5 Å². The Morgan fingerprint density at radius 2 is 0.805 bits per heavy atom. The summed E-state index contributed by atoms with van der Waals surface area (Å²) in [4.78, 5) is 75.8. The molecule has 87 heavy (non-hydrogen) atoms. The molecule has 7 atom stereocenters. The summed E-state index contributed by atoms with van der Waals surface area (Å²) in [7, 11) is 0. The van der Waals surface area contributed by atoms with Crippen molar-refractivity contribution in [1.82, 2.24) is 0 Å². The molecular weight excluding hydrogens is 1170 g/mol. The second kappa shape index (κ2) is 18.9. The number of ether oxygens (including phenoxy) is 6. The molecule has 7 aromatic rings. The van der Waals surface area contributed by atoms with Crippen LogP contribution < -0.4 is 4.74 Å². The number of esters is 5. The summed E-state index contributed by atoms with van der Waals surface area (Å²) in [5.41, 5.74) is -17.4. The van der Waals surface area contributed by atoms with Crippen LogP contribution in [-0.4, -0.2) is 169 Å². The van der Waals surface area contributed by atoms with Crippen LogP contribution in [0, 0.1) is 0 Å². The molecule has 448 valence electrons. The average molecular weight is 1210 g/mol. The smallest absolute Gasteiger partial charge is 0.340 e. The number of carbonyl (C=O) groups excluding carboxylic acids is 5. The van der Waals surface area contributed by atoms with Gasteiger partial charge in [-0.05, 0) is 35.9 Å². The molecule has 0 amide bonds. The molecule has 6 aliphatic heterocycles. The number of hydrogen-bond acceptors (Lipinski definition) is 31. The number of aliphatic hydroxyl groups excluding tert-OH is 1. The highest BCUT2D eigenvalue weighted by Gasteiger charge is 2.57. The van der Waals surface area contributed by atoms with Gasteiger partial charge in [-0.2, -0.15) is 0 Å². The fourth-order valence-corrected chi connectivity index (χ4v) is 11.6. The highest BCUT2D eigenvalue weighted by Crippen LogP contribution is 2.64. The summed E-state index contributed by atoms with van der Waals surface area (Å²) < 4.78 is 35.3. The van der Waals surface area contributed by atoms with E-state index in [1.807, 2.05) is 0 Å². The van der Waals surface area contributed by atoms with Gasteiger partial charge in [0.05, 0.1) is 39.8 Å². The van der Waals surface area contributed by atoms with Gasteiger partial charge in [0.25, 0.3) is 0 Å². The third-order valence-electron chi connectivity index (χ3n) is 15.5. The summed E-state index contributed by atoms with van der Waals surface area (Å²) in [6.45, 7) is -1.63. The van der Waals surface area contributed by atoms with Gasteiger partial charge in [0.1, 0.15) is 30.0 Å². The summed E-state index contributed by atoms with van der Waals surface area (Å²) in [6.07, 6.45) is -15.4. The van der Waals surface area contributed by atoms with Crippen LogP contribution in [0.5, 0.6) is 115 Å². The Hall–Kier alpha value is -12.2. The number of benzene rings is 7. The first-order valence-corrected chi connectivity index (χ1v) is 25.0. The second-order valence-corrected chi connectivity index (χ2v) is 20.2. The third-order valence-corrected chi connectivity index (χ3v) is 15.5. The molecule has 31 nitrogen and oxygen atoms in total. The number of fused-ring (bicyclic) bond motifs is 8. The SMILES string of the molecule is O=C1OC[C@H]2OC(=O)c3cc(O)c(O)c(O)c3-c3c(O)c(O)c(O)c4c3C(=O)O[C@H]([C@H]3OC(=O)c5c-4c(O)c(O)c(O)c5[C@@H]3c3c(O)cc4c(c3O)C[C@H](O)[C@H](c3ccc(O)c(O)c3)O4)[C@@H]2OC(=O)c2cc(O)c(O)c(O)c2-c2c1cc(O)c(O)c2O. The molecule has 0 unspecified atom stereocenters. The molecule has 6 heterocycles. The molecule has 31 heteroatoms. The molecule has 0 saturated heterocycles. The van der Waals surface area contributed by atoms with E-state index in [1.54, 1.807) is 0 Å². The lowest BCUT2D eigenvalue weighted by molar-refractivity contribution is -0.135. The Labute approximate surface area is 479 Å². The number of hydrogen-bond donors (Lipinski definition) is 20. The fraction of sp³-hybridized carbons (Fsp3) is 0.161. The van der Waals surface area contributed by atoms with Crippen molar-refractivity contribution >= 4 is 29.8 Å². The van der Waals surface area contributed by atoms with Crippen LogP contribution in [-0.2, 0) is 30.1 Å². The fourth-order valence-electron chi connectivity index (χ4n) is 11.6. The van der Waals surface area contributed by atoms with Crippen molar-refractivity contribution in [3.05, 3.63) is 92.5 Å². The molecule has 0 radical (unpaired) electrons. The summed E-state index contributed by atoms with van der Waals surface area (Å²) in [6, 6.07) is 5.01. The van der Waals surface area contributed by atoms with Crippen molar-refractivity contribution in [2.45, 2.75) is 49.0 Å². The van der Waals surface area contributed by atoms with Gasteiger partial charge in [-0.15, -0.1) is 0 Å². The van der Waals surface area contributed by atoms with Gasteiger partial charge in [-0.3, -0.25) is 0 Å². The second-order valence-electron chi connectivity index (χ2n) is 20.2. The van der Waals surface area contributed by atoms with Crippen LogP contribution >= 0.6 is 0 Å². The maximum absolute atomic E-state index is 15.8. The molecule has 0 aromatic heterocycles. The van der Waals surface area contributed by atoms with Crippen molar-refractivity contribution < 1.29 is 155 Å². The van der Waals surface area contributed by atoms with Crippen molar-refractivity contribution in [2.24, 2.45) is 0 Å². The molecule has 0 fully saturated rings. The van der Waals surface area contributed by atoms with E-state index in [9.17, 15) is 107 Å². The minimum absolute atomic E-state index is 0.0205. The first-order valence-electron chi connectivity index (χ1n) is 25.0. The molecule has 0 saturated carbocycles. The van der Waals surface area contributed by atoms with Gasteiger partial charge in [0.15, 0.2) is 93.4 Å². The predicted molar refractivity (Wildman–Crippen MR) is 276 cm³/mol. The monoisotopic (exact) mass is 1210 g/mol. The number of carbonyl (C=O) groups is 5. The van der Waals surface area contributed by atoms with Crippen LogP contribution in [0.1, 0.15) is 86.1 Å². The molecule has 6 aliphatic rings. The zero-order chi connectivity index (χ0) is 62.7. The lowest BCUT2D eigenvalue weighted by atomic mass is 9.73. The van der Waals surface area contributed by atoms with Gasteiger partial charge in [-0.1, -0.05) is 6.07 Å². The van der Waals surface area contributed by atoms with Crippen molar-refractivity contribution in [3.63, 3.8) is 0 Å². The van der Waals surface area contributed by atoms with Crippen molar-refractivity contribution in [1.29, 1.82) is 0 Å². The van der Waals surface area contributed by atoms with Gasteiger partial charge in [0.2, 0.25) is 28.7 Å². The lowest BCUT2D eigenvalue weighted by Crippen LogP contribution is -2.56. The van der Waals surface area contributed by atoms with Crippen LogP contribution in [0.2, 0.25) is 0 Å². The molecule has 20 N–H and O–H groups in total. The first-order chi connectivity index (χ1) is 41.0. The van der Waals surface area contributed by atoms with Crippen LogP contribution in [0.3, 0.4) is 0 Å². The average Bonchev–Trinajstić information content (AvgIpc) is 1.30. The topological polar surface area (TPSA) is 545 Å². The Balaban J connectivity index is 1.21. The molecule has 13 rings (SSSR count). The van der Waals surface area contributed by atoms with E-state index in [0.717, 1.165) is 18.2 Å². The highest BCUT2D eigenvalue weighted by atomic mass is 16.6. The Morgan fingerprint density at radius 3 is 1.37 bits per heavy atom. The number of cyclic esters (lactones) is 1. The summed E-state index contributed by atoms with van der Waals surface area (Å²) in [5.74, 6) is -40.4. The Bertz CT molecular complexity index is 4350. The molecular formula is C56H38O31. The Kier molecular flexibility index (Phi) is 12.1. The van der Waals surface area contributed by atoms with E-state index in [4.69, 9.17) is 28.4 Å². The van der Waals surface area contributed by atoms with E-state index in [2.05, 4.69) is 0 Å². The normalized spacial score (nSPS) is 20.9. The zero-order valence-corrected chi connectivity index (χ0v) is 42.9. The van der Waals surface area contributed by atoms with E-state index in [1.165, 1.54) is 6.07 Å². The number of phenolic OH excluding ortho intramolecular Hbond substituents is 19.